The predicted octanol–water partition coefficient (Wildman–Crippen LogP) is 1.55. The third-order valence-electron chi connectivity index (χ3n) is 2.11. The molecule has 0 amide bonds. The summed E-state index contributed by atoms with van der Waals surface area (Å²) in [4.78, 5) is 0. The van der Waals surface area contributed by atoms with Crippen molar-refractivity contribution in [3.8, 4) is 11.5 Å². The SMILES string of the molecule is COc1ccc(O)c(C(O)CCN)c1Br. The van der Waals surface area contributed by atoms with Gasteiger partial charge in [-0.05, 0) is 41.0 Å². The minimum atomic E-state index is -0.792. The third-order valence-corrected chi connectivity index (χ3v) is 2.93. The second kappa shape index (κ2) is 5.34. The van der Waals surface area contributed by atoms with Crippen molar-refractivity contribution in [1.29, 1.82) is 0 Å². The van der Waals surface area contributed by atoms with Crippen LogP contribution in [0.2, 0.25) is 0 Å². The number of benzene rings is 1. The van der Waals surface area contributed by atoms with Gasteiger partial charge in [-0.2, -0.15) is 0 Å². The number of aromatic hydroxyl groups is 1. The number of hydrogen-bond acceptors (Lipinski definition) is 4. The van der Waals surface area contributed by atoms with E-state index in [4.69, 9.17) is 10.5 Å². The number of nitrogens with two attached hydrogens (primary N) is 1. The number of phenolic OH excluding ortho intramolecular Hbond substituents is 1. The lowest BCUT2D eigenvalue weighted by molar-refractivity contribution is 0.165. The number of rotatable bonds is 4. The molecule has 4 N–H and O–H groups in total. The van der Waals surface area contributed by atoms with E-state index in [1.165, 1.54) is 13.2 Å². The molecule has 0 aliphatic rings. The summed E-state index contributed by atoms with van der Waals surface area (Å²) in [6.07, 6.45) is -0.404. The summed E-state index contributed by atoms with van der Waals surface area (Å²) in [7, 11) is 1.52. The van der Waals surface area contributed by atoms with E-state index in [2.05, 4.69) is 15.9 Å². The lowest BCUT2D eigenvalue weighted by Gasteiger charge is -2.15. The third kappa shape index (κ3) is 2.62. The van der Waals surface area contributed by atoms with Crippen molar-refractivity contribution in [2.24, 2.45) is 5.73 Å². The zero-order valence-corrected chi connectivity index (χ0v) is 9.99. The fraction of sp³-hybridized carbons (Fsp3) is 0.400. The van der Waals surface area contributed by atoms with Crippen LogP contribution in [0.5, 0.6) is 11.5 Å². The van der Waals surface area contributed by atoms with Gasteiger partial charge >= 0.3 is 0 Å². The first-order valence-electron chi connectivity index (χ1n) is 4.55. The van der Waals surface area contributed by atoms with E-state index < -0.39 is 6.10 Å². The average molecular weight is 276 g/mol. The van der Waals surface area contributed by atoms with Crippen LogP contribution in [0.15, 0.2) is 16.6 Å². The normalized spacial score (nSPS) is 12.5. The molecule has 0 bridgehead atoms. The topological polar surface area (TPSA) is 75.7 Å². The van der Waals surface area contributed by atoms with Crippen molar-refractivity contribution >= 4 is 15.9 Å². The highest BCUT2D eigenvalue weighted by atomic mass is 79.9. The molecule has 1 atom stereocenters. The molecule has 0 heterocycles. The van der Waals surface area contributed by atoms with Crippen molar-refractivity contribution in [1.82, 2.24) is 0 Å². The molecule has 84 valence electrons. The number of phenols is 1. The largest absolute Gasteiger partial charge is 0.508 e. The van der Waals surface area contributed by atoms with E-state index in [0.29, 0.717) is 28.8 Å². The maximum Gasteiger partial charge on any atom is 0.133 e. The predicted molar refractivity (Wildman–Crippen MR) is 61.0 cm³/mol. The summed E-state index contributed by atoms with van der Waals surface area (Å²) in [6, 6.07) is 3.11. The van der Waals surface area contributed by atoms with Crippen LogP contribution in [0.25, 0.3) is 0 Å². The molecule has 1 aromatic carbocycles. The molecule has 0 fully saturated rings. The van der Waals surface area contributed by atoms with Gasteiger partial charge in [0.15, 0.2) is 0 Å². The van der Waals surface area contributed by atoms with E-state index in [1.54, 1.807) is 6.07 Å². The van der Waals surface area contributed by atoms with Crippen LogP contribution in [-0.2, 0) is 0 Å². The number of halogens is 1. The Kier molecular flexibility index (Phi) is 4.38. The van der Waals surface area contributed by atoms with E-state index in [9.17, 15) is 10.2 Å². The Morgan fingerprint density at radius 2 is 2.20 bits per heavy atom. The Hall–Kier alpha value is -0.780. The molecule has 1 rings (SSSR count). The molecule has 0 aromatic heterocycles. The Bertz CT molecular complexity index is 344. The van der Waals surface area contributed by atoms with Gasteiger partial charge in [0.25, 0.3) is 0 Å². The molecule has 1 aromatic rings. The Morgan fingerprint density at radius 3 is 2.73 bits per heavy atom. The van der Waals surface area contributed by atoms with E-state index in [1.807, 2.05) is 0 Å². The average Bonchev–Trinajstić information content (AvgIpc) is 2.18. The molecular formula is C10H14BrNO3. The highest BCUT2D eigenvalue weighted by Gasteiger charge is 2.18. The van der Waals surface area contributed by atoms with Crippen molar-refractivity contribution in [2.45, 2.75) is 12.5 Å². The van der Waals surface area contributed by atoms with Gasteiger partial charge in [-0.25, -0.2) is 0 Å². The summed E-state index contributed by atoms with van der Waals surface area (Å²) in [6.45, 7) is 0.351. The van der Waals surface area contributed by atoms with E-state index in [-0.39, 0.29) is 5.75 Å². The monoisotopic (exact) mass is 275 g/mol. The maximum atomic E-state index is 9.78. The van der Waals surface area contributed by atoms with Crippen LogP contribution in [0, 0.1) is 0 Å². The smallest absolute Gasteiger partial charge is 0.133 e. The summed E-state index contributed by atoms with van der Waals surface area (Å²) >= 11 is 3.28. The molecular weight excluding hydrogens is 262 g/mol. The molecule has 4 nitrogen and oxygen atoms in total. The first-order chi connectivity index (χ1) is 7.11. The second-order valence-corrected chi connectivity index (χ2v) is 3.90. The summed E-state index contributed by atoms with van der Waals surface area (Å²) in [5, 5.41) is 19.4. The minimum Gasteiger partial charge on any atom is -0.508 e. The fourth-order valence-electron chi connectivity index (χ4n) is 1.34. The summed E-state index contributed by atoms with van der Waals surface area (Å²) in [5.41, 5.74) is 5.77. The lowest BCUT2D eigenvalue weighted by atomic mass is 10.1. The lowest BCUT2D eigenvalue weighted by Crippen LogP contribution is -2.07. The molecule has 0 radical (unpaired) electrons. The number of aliphatic hydroxyl groups is 1. The van der Waals surface area contributed by atoms with Gasteiger partial charge in [0.2, 0.25) is 0 Å². The fourth-order valence-corrected chi connectivity index (χ4v) is 2.10. The molecule has 0 aliphatic heterocycles. The highest BCUT2D eigenvalue weighted by molar-refractivity contribution is 9.10. The standard InChI is InChI=1S/C10H14BrNO3/c1-15-8-3-2-6(13)9(10(8)11)7(14)4-5-12/h2-3,7,13-14H,4-5,12H2,1H3. The molecule has 0 saturated heterocycles. The number of methoxy groups -OCH3 is 1. The quantitative estimate of drug-likeness (QED) is 0.779. The minimum absolute atomic E-state index is 0.0311. The molecule has 0 spiro atoms. The van der Waals surface area contributed by atoms with Gasteiger partial charge in [-0.1, -0.05) is 0 Å². The van der Waals surface area contributed by atoms with Crippen molar-refractivity contribution in [2.75, 3.05) is 13.7 Å². The first kappa shape index (κ1) is 12.3. The van der Waals surface area contributed by atoms with Crippen LogP contribution < -0.4 is 10.5 Å². The van der Waals surface area contributed by atoms with E-state index >= 15 is 0 Å². The van der Waals surface area contributed by atoms with Gasteiger partial charge in [0.05, 0.1) is 17.7 Å². The highest BCUT2D eigenvalue weighted by Crippen LogP contribution is 2.39. The zero-order valence-electron chi connectivity index (χ0n) is 8.40. The summed E-state index contributed by atoms with van der Waals surface area (Å²) < 4.78 is 5.63. The first-order valence-corrected chi connectivity index (χ1v) is 5.34. The number of aliphatic hydroxyl groups excluding tert-OH is 1. The van der Waals surface area contributed by atoms with E-state index in [0.717, 1.165) is 0 Å². The van der Waals surface area contributed by atoms with Gasteiger partial charge in [-0.3, -0.25) is 0 Å². The maximum absolute atomic E-state index is 9.78. The van der Waals surface area contributed by atoms with Crippen LogP contribution in [0.1, 0.15) is 18.1 Å². The molecule has 0 aliphatic carbocycles. The van der Waals surface area contributed by atoms with Gasteiger partial charge in [-0.15, -0.1) is 0 Å². The Morgan fingerprint density at radius 1 is 1.53 bits per heavy atom. The van der Waals surface area contributed by atoms with Gasteiger partial charge in [0, 0.05) is 5.56 Å². The van der Waals surface area contributed by atoms with Crippen LogP contribution in [0.4, 0.5) is 0 Å². The van der Waals surface area contributed by atoms with Crippen LogP contribution in [-0.4, -0.2) is 23.9 Å². The molecule has 1 unspecified atom stereocenters. The number of hydrogen-bond donors (Lipinski definition) is 3. The van der Waals surface area contributed by atoms with Crippen molar-refractivity contribution in [3.63, 3.8) is 0 Å². The number of ether oxygens (including phenoxy) is 1. The van der Waals surface area contributed by atoms with Crippen molar-refractivity contribution < 1.29 is 14.9 Å². The van der Waals surface area contributed by atoms with Gasteiger partial charge < -0.3 is 20.7 Å². The summed E-state index contributed by atoms with van der Waals surface area (Å²) in [5.74, 6) is 0.600. The van der Waals surface area contributed by atoms with Crippen LogP contribution >= 0.6 is 15.9 Å². The Balaban J connectivity index is 3.14. The van der Waals surface area contributed by atoms with Crippen molar-refractivity contribution in [3.05, 3.63) is 22.2 Å². The Labute approximate surface area is 96.8 Å². The van der Waals surface area contributed by atoms with Crippen LogP contribution in [0.3, 0.4) is 0 Å². The second-order valence-electron chi connectivity index (χ2n) is 3.11. The zero-order chi connectivity index (χ0) is 11.4. The molecule has 0 saturated carbocycles. The van der Waals surface area contributed by atoms with Gasteiger partial charge in [0.1, 0.15) is 11.5 Å². The molecule has 5 heteroatoms. The molecule has 15 heavy (non-hydrogen) atoms.